The molecule has 1 amide bonds. The summed E-state index contributed by atoms with van der Waals surface area (Å²) >= 11 is 5.84. The molecule has 0 aliphatic carbocycles. The molecule has 0 aromatic heterocycles. The van der Waals surface area contributed by atoms with Gasteiger partial charge in [-0.25, -0.2) is 0 Å². The van der Waals surface area contributed by atoms with E-state index in [1.165, 1.54) is 0 Å². The maximum Gasteiger partial charge on any atom is 0.261 e. The summed E-state index contributed by atoms with van der Waals surface area (Å²) < 4.78 is 16.7. The maximum atomic E-state index is 12.4. The van der Waals surface area contributed by atoms with Crippen LogP contribution in [0.4, 0.5) is 0 Å². The van der Waals surface area contributed by atoms with Crippen LogP contribution in [0.5, 0.6) is 17.2 Å². The van der Waals surface area contributed by atoms with Crippen molar-refractivity contribution in [2.45, 2.75) is 26.0 Å². The molecular formula is C19H20ClNO4. The summed E-state index contributed by atoms with van der Waals surface area (Å²) in [5, 5.41) is 3.57. The van der Waals surface area contributed by atoms with Gasteiger partial charge in [-0.2, -0.15) is 0 Å². The highest BCUT2D eigenvalue weighted by Crippen LogP contribution is 2.32. The average molecular weight is 362 g/mol. The van der Waals surface area contributed by atoms with Crippen molar-refractivity contribution in [3.63, 3.8) is 0 Å². The number of carbonyl (C=O) groups excluding carboxylic acids is 1. The Labute approximate surface area is 151 Å². The maximum absolute atomic E-state index is 12.4. The fourth-order valence-corrected chi connectivity index (χ4v) is 2.64. The summed E-state index contributed by atoms with van der Waals surface area (Å²) in [6.07, 6.45) is -0.624. The third-order valence-electron chi connectivity index (χ3n) is 3.92. The number of benzene rings is 2. The van der Waals surface area contributed by atoms with E-state index in [1.807, 2.05) is 25.1 Å². The summed E-state index contributed by atoms with van der Waals surface area (Å²) in [4.78, 5) is 12.4. The van der Waals surface area contributed by atoms with E-state index in [0.717, 1.165) is 11.3 Å². The highest BCUT2D eigenvalue weighted by Gasteiger charge is 2.19. The van der Waals surface area contributed by atoms with Crippen molar-refractivity contribution in [3.8, 4) is 17.2 Å². The zero-order valence-electron chi connectivity index (χ0n) is 14.1. The van der Waals surface area contributed by atoms with Gasteiger partial charge < -0.3 is 19.5 Å². The fraction of sp³-hybridized carbons (Fsp3) is 0.316. The van der Waals surface area contributed by atoms with Crippen molar-refractivity contribution >= 4 is 17.5 Å². The number of ether oxygens (including phenoxy) is 3. The molecule has 0 fully saturated rings. The van der Waals surface area contributed by atoms with Gasteiger partial charge in [0.1, 0.15) is 19.0 Å². The van der Waals surface area contributed by atoms with Crippen molar-refractivity contribution in [3.05, 3.63) is 53.1 Å². The number of carbonyl (C=O) groups is 1. The van der Waals surface area contributed by atoms with Crippen LogP contribution in [0.2, 0.25) is 5.02 Å². The normalized spacial score (nSPS) is 15.2. The topological polar surface area (TPSA) is 56.8 Å². The number of nitrogens with one attached hydrogen (secondary N) is 1. The third-order valence-corrected chi connectivity index (χ3v) is 4.17. The number of hydrogen-bond acceptors (Lipinski definition) is 4. The Kier molecular flexibility index (Phi) is 5.34. The molecule has 0 unspecified atom stereocenters. The molecule has 1 heterocycles. The molecule has 0 radical (unpaired) electrons. The lowest BCUT2D eigenvalue weighted by atomic mass is 10.1. The van der Waals surface area contributed by atoms with Crippen LogP contribution >= 0.6 is 11.6 Å². The van der Waals surface area contributed by atoms with Crippen molar-refractivity contribution in [2.75, 3.05) is 13.2 Å². The van der Waals surface area contributed by atoms with Crippen LogP contribution in [0.15, 0.2) is 42.5 Å². The molecule has 0 bridgehead atoms. The molecule has 2 aromatic rings. The molecule has 1 aliphatic heterocycles. The molecule has 0 spiro atoms. The monoisotopic (exact) mass is 361 g/mol. The molecule has 132 valence electrons. The van der Waals surface area contributed by atoms with Gasteiger partial charge in [-0.15, -0.1) is 0 Å². The second-order valence-corrected chi connectivity index (χ2v) is 6.28. The predicted molar refractivity (Wildman–Crippen MR) is 95.5 cm³/mol. The Hall–Kier alpha value is -2.40. The Bertz CT molecular complexity index is 748. The zero-order valence-corrected chi connectivity index (χ0v) is 14.9. The highest BCUT2D eigenvalue weighted by molar-refractivity contribution is 6.30. The van der Waals surface area contributed by atoms with E-state index < -0.39 is 6.10 Å². The van der Waals surface area contributed by atoms with Gasteiger partial charge in [0.25, 0.3) is 5.91 Å². The number of halogens is 1. The molecule has 2 atom stereocenters. The number of fused-ring (bicyclic) bond motifs is 1. The van der Waals surface area contributed by atoms with Crippen molar-refractivity contribution in [1.29, 1.82) is 0 Å². The summed E-state index contributed by atoms with van der Waals surface area (Å²) in [5.41, 5.74) is 0.941. The van der Waals surface area contributed by atoms with Crippen LogP contribution in [0.1, 0.15) is 25.5 Å². The predicted octanol–water partition coefficient (Wildman–Crippen LogP) is 3.76. The first-order chi connectivity index (χ1) is 12.0. The molecular weight excluding hydrogens is 342 g/mol. The van der Waals surface area contributed by atoms with E-state index in [-0.39, 0.29) is 11.9 Å². The molecule has 6 heteroatoms. The first kappa shape index (κ1) is 17.4. The van der Waals surface area contributed by atoms with Crippen LogP contribution in [0.25, 0.3) is 0 Å². The van der Waals surface area contributed by atoms with Crippen LogP contribution in [-0.2, 0) is 4.79 Å². The standard InChI is InChI=1S/C19H20ClNO4/c1-12(14-3-8-17-18(11-14)24-10-9-23-17)21-19(22)13(2)25-16-6-4-15(20)5-7-16/h3-8,11-13H,9-10H2,1-2H3,(H,21,22)/t12-,13+/m1/s1. The van der Waals surface area contributed by atoms with E-state index in [0.29, 0.717) is 29.7 Å². The Morgan fingerprint density at radius 2 is 1.76 bits per heavy atom. The SMILES string of the molecule is C[C@H](Oc1ccc(Cl)cc1)C(=O)N[C@H](C)c1ccc2c(c1)OCCO2. The molecule has 2 aromatic carbocycles. The number of rotatable bonds is 5. The Morgan fingerprint density at radius 3 is 2.48 bits per heavy atom. The Morgan fingerprint density at radius 1 is 1.08 bits per heavy atom. The minimum absolute atomic E-state index is 0.181. The molecule has 5 nitrogen and oxygen atoms in total. The summed E-state index contributed by atoms with van der Waals surface area (Å²) in [7, 11) is 0. The number of amides is 1. The number of hydrogen-bond donors (Lipinski definition) is 1. The van der Waals surface area contributed by atoms with Gasteiger partial charge in [0.2, 0.25) is 0 Å². The molecule has 25 heavy (non-hydrogen) atoms. The smallest absolute Gasteiger partial charge is 0.261 e. The largest absolute Gasteiger partial charge is 0.486 e. The minimum Gasteiger partial charge on any atom is -0.486 e. The minimum atomic E-state index is -0.624. The first-order valence-corrected chi connectivity index (χ1v) is 8.53. The summed E-state index contributed by atoms with van der Waals surface area (Å²) in [6, 6.07) is 12.4. The van der Waals surface area contributed by atoms with Gasteiger partial charge in [-0.1, -0.05) is 17.7 Å². The molecule has 0 saturated heterocycles. The van der Waals surface area contributed by atoms with E-state index in [4.69, 9.17) is 25.8 Å². The van der Waals surface area contributed by atoms with Gasteiger partial charge in [0, 0.05) is 5.02 Å². The van der Waals surface area contributed by atoms with E-state index >= 15 is 0 Å². The zero-order chi connectivity index (χ0) is 17.8. The van der Waals surface area contributed by atoms with Crippen LogP contribution < -0.4 is 19.5 Å². The van der Waals surface area contributed by atoms with Crippen LogP contribution in [0.3, 0.4) is 0 Å². The summed E-state index contributed by atoms with van der Waals surface area (Å²) in [6.45, 7) is 4.71. The van der Waals surface area contributed by atoms with Crippen molar-refractivity contribution in [2.24, 2.45) is 0 Å². The van der Waals surface area contributed by atoms with E-state index in [2.05, 4.69) is 5.32 Å². The molecule has 0 saturated carbocycles. The lowest BCUT2D eigenvalue weighted by Gasteiger charge is -2.22. The first-order valence-electron chi connectivity index (χ1n) is 8.15. The second-order valence-electron chi connectivity index (χ2n) is 5.85. The van der Waals surface area contributed by atoms with Crippen LogP contribution in [0, 0.1) is 0 Å². The molecule has 3 rings (SSSR count). The summed E-state index contributed by atoms with van der Waals surface area (Å²) in [5.74, 6) is 1.83. The van der Waals surface area contributed by atoms with Gasteiger partial charge in [0.15, 0.2) is 17.6 Å². The van der Waals surface area contributed by atoms with Crippen LogP contribution in [-0.4, -0.2) is 25.2 Å². The van der Waals surface area contributed by atoms with Gasteiger partial charge in [-0.3, -0.25) is 4.79 Å². The molecule has 1 aliphatic rings. The van der Waals surface area contributed by atoms with E-state index in [9.17, 15) is 4.79 Å². The highest BCUT2D eigenvalue weighted by atomic mass is 35.5. The quantitative estimate of drug-likeness (QED) is 0.881. The third kappa shape index (κ3) is 4.37. The lowest BCUT2D eigenvalue weighted by Crippen LogP contribution is -2.37. The van der Waals surface area contributed by atoms with Crippen molar-refractivity contribution < 1.29 is 19.0 Å². The van der Waals surface area contributed by atoms with Gasteiger partial charge in [0.05, 0.1) is 6.04 Å². The lowest BCUT2D eigenvalue weighted by molar-refractivity contribution is -0.127. The van der Waals surface area contributed by atoms with Gasteiger partial charge in [-0.05, 0) is 55.8 Å². The fourth-order valence-electron chi connectivity index (χ4n) is 2.51. The second kappa shape index (κ2) is 7.66. The van der Waals surface area contributed by atoms with E-state index in [1.54, 1.807) is 31.2 Å². The van der Waals surface area contributed by atoms with Crippen molar-refractivity contribution in [1.82, 2.24) is 5.32 Å². The average Bonchev–Trinajstić information content (AvgIpc) is 2.63. The molecule has 1 N–H and O–H groups in total. The van der Waals surface area contributed by atoms with Gasteiger partial charge >= 0.3 is 0 Å². The Balaban J connectivity index is 1.60.